The maximum Gasteiger partial charge on any atom is 0.321 e. The number of nitrogens with zero attached hydrogens (tertiary/aromatic N) is 3. The highest BCUT2D eigenvalue weighted by molar-refractivity contribution is 7.88. The SMILES string of the molecule is CC(C)(C)OC(=O)CNS(=O)(=O)C[n+]1ccc(-c2ncccn2)cc1. The van der Waals surface area contributed by atoms with Gasteiger partial charge in [-0.1, -0.05) is 0 Å². The summed E-state index contributed by atoms with van der Waals surface area (Å²) >= 11 is 0. The van der Waals surface area contributed by atoms with Crippen LogP contribution in [0.2, 0.25) is 0 Å². The number of hydrogen-bond acceptors (Lipinski definition) is 6. The quantitative estimate of drug-likeness (QED) is 0.596. The van der Waals surface area contributed by atoms with E-state index in [2.05, 4.69) is 14.7 Å². The molecule has 0 aliphatic rings. The summed E-state index contributed by atoms with van der Waals surface area (Å²) in [5.74, 6) is -0.385. The van der Waals surface area contributed by atoms with Crippen LogP contribution in [0.3, 0.4) is 0 Å². The second-order valence-corrected chi connectivity index (χ2v) is 8.10. The van der Waals surface area contributed by atoms with Crippen LogP contribution in [-0.2, 0) is 25.4 Å². The zero-order chi connectivity index (χ0) is 18.5. The molecule has 0 aliphatic carbocycles. The van der Waals surface area contributed by atoms with Gasteiger partial charge in [-0.25, -0.2) is 18.4 Å². The molecule has 0 saturated carbocycles. The summed E-state index contributed by atoms with van der Waals surface area (Å²) < 4.78 is 32.9. The molecule has 2 heterocycles. The van der Waals surface area contributed by atoms with Crippen molar-refractivity contribution in [2.75, 3.05) is 6.54 Å². The molecule has 0 aromatic carbocycles. The van der Waals surface area contributed by atoms with Crippen molar-refractivity contribution in [1.82, 2.24) is 14.7 Å². The molecule has 2 aromatic rings. The smallest absolute Gasteiger partial charge is 0.321 e. The van der Waals surface area contributed by atoms with E-state index >= 15 is 0 Å². The molecule has 25 heavy (non-hydrogen) atoms. The largest absolute Gasteiger partial charge is 0.459 e. The average molecular weight is 365 g/mol. The Hall–Kier alpha value is -2.39. The summed E-state index contributed by atoms with van der Waals surface area (Å²) in [6.45, 7) is 4.74. The third-order valence-electron chi connectivity index (χ3n) is 2.89. The Labute approximate surface area is 146 Å². The Morgan fingerprint density at radius 2 is 1.80 bits per heavy atom. The van der Waals surface area contributed by atoms with Gasteiger partial charge in [0.1, 0.15) is 12.1 Å². The first-order chi connectivity index (χ1) is 11.6. The maximum absolute atomic E-state index is 12.1. The van der Waals surface area contributed by atoms with Crippen LogP contribution in [0, 0.1) is 0 Å². The van der Waals surface area contributed by atoms with E-state index in [0.29, 0.717) is 5.82 Å². The van der Waals surface area contributed by atoms with E-state index in [1.54, 1.807) is 63.8 Å². The van der Waals surface area contributed by atoms with Gasteiger partial charge in [-0.05, 0) is 26.8 Å². The van der Waals surface area contributed by atoms with E-state index < -0.39 is 28.1 Å². The van der Waals surface area contributed by atoms with E-state index in [0.717, 1.165) is 5.56 Å². The van der Waals surface area contributed by atoms with Gasteiger partial charge >= 0.3 is 5.97 Å². The van der Waals surface area contributed by atoms with Crippen LogP contribution >= 0.6 is 0 Å². The number of carbonyl (C=O) groups is 1. The Morgan fingerprint density at radius 1 is 1.20 bits per heavy atom. The molecule has 2 rings (SSSR count). The second kappa shape index (κ2) is 7.66. The number of nitrogens with one attached hydrogen (secondary N) is 1. The second-order valence-electron chi connectivity index (χ2n) is 6.32. The average Bonchev–Trinajstić information content (AvgIpc) is 2.53. The predicted molar refractivity (Wildman–Crippen MR) is 90.4 cm³/mol. The first-order valence-corrected chi connectivity index (χ1v) is 9.25. The Morgan fingerprint density at radius 3 is 2.36 bits per heavy atom. The van der Waals surface area contributed by atoms with E-state index in [1.165, 1.54) is 4.57 Å². The van der Waals surface area contributed by atoms with Crippen molar-refractivity contribution >= 4 is 16.0 Å². The molecule has 0 fully saturated rings. The molecule has 0 spiro atoms. The van der Waals surface area contributed by atoms with Crippen molar-refractivity contribution in [1.29, 1.82) is 0 Å². The van der Waals surface area contributed by atoms with Crippen LogP contribution in [0.4, 0.5) is 0 Å². The Kier molecular flexibility index (Phi) is 5.81. The Bertz CT molecular complexity index is 815. The first-order valence-electron chi connectivity index (χ1n) is 7.60. The number of rotatable bonds is 6. The molecule has 0 aliphatic heterocycles. The Balaban J connectivity index is 1.95. The van der Waals surface area contributed by atoms with Crippen molar-refractivity contribution in [3.63, 3.8) is 0 Å². The van der Waals surface area contributed by atoms with Crippen LogP contribution in [0.5, 0.6) is 0 Å². The van der Waals surface area contributed by atoms with Crippen molar-refractivity contribution in [2.45, 2.75) is 32.2 Å². The summed E-state index contributed by atoms with van der Waals surface area (Å²) in [7, 11) is -3.68. The van der Waals surface area contributed by atoms with Crippen LogP contribution < -0.4 is 9.29 Å². The highest BCUT2D eigenvalue weighted by atomic mass is 32.2. The third kappa shape index (κ3) is 6.55. The molecule has 0 amide bonds. The van der Waals surface area contributed by atoms with Gasteiger partial charge in [-0.3, -0.25) is 4.79 Å². The van der Waals surface area contributed by atoms with Crippen molar-refractivity contribution in [2.24, 2.45) is 0 Å². The summed E-state index contributed by atoms with van der Waals surface area (Å²) in [4.78, 5) is 19.8. The number of esters is 1. The molecule has 134 valence electrons. The van der Waals surface area contributed by atoms with Gasteiger partial charge in [0.05, 0.1) is 0 Å². The zero-order valence-corrected chi connectivity index (χ0v) is 15.2. The summed E-state index contributed by atoms with van der Waals surface area (Å²) in [5, 5.41) is 0. The molecule has 1 N–H and O–H groups in total. The lowest BCUT2D eigenvalue weighted by Crippen LogP contribution is -2.44. The number of pyridine rings is 1. The molecular weight excluding hydrogens is 344 g/mol. The zero-order valence-electron chi connectivity index (χ0n) is 14.3. The molecular formula is C16H21N4O4S+. The normalized spacial score (nSPS) is 12.0. The molecule has 9 heteroatoms. The fraction of sp³-hybridized carbons (Fsp3) is 0.375. The number of hydrogen-bond donors (Lipinski definition) is 1. The van der Waals surface area contributed by atoms with Crippen molar-refractivity contribution in [3.8, 4) is 11.4 Å². The van der Waals surface area contributed by atoms with Gasteiger partial charge in [0.2, 0.25) is 0 Å². The van der Waals surface area contributed by atoms with E-state index in [1.807, 2.05) is 0 Å². The molecule has 0 atom stereocenters. The van der Waals surface area contributed by atoms with E-state index in [4.69, 9.17) is 4.74 Å². The lowest BCUT2D eigenvalue weighted by molar-refractivity contribution is -0.677. The molecule has 0 radical (unpaired) electrons. The maximum atomic E-state index is 12.1. The molecule has 8 nitrogen and oxygen atoms in total. The highest BCUT2D eigenvalue weighted by Gasteiger charge is 2.21. The fourth-order valence-corrected chi connectivity index (χ4v) is 2.92. The monoisotopic (exact) mass is 365 g/mol. The lowest BCUT2D eigenvalue weighted by atomic mass is 10.2. The van der Waals surface area contributed by atoms with Gasteiger partial charge in [0.25, 0.3) is 15.9 Å². The van der Waals surface area contributed by atoms with Crippen LogP contribution in [-0.4, -0.2) is 36.5 Å². The minimum Gasteiger partial charge on any atom is -0.459 e. The highest BCUT2D eigenvalue weighted by Crippen LogP contribution is 2.10. The standard InChI is InChI=1S/C16H21N4O4S/c1-16(2,3)24-14(21)11-19-25(22,23)12-20-9-5-13(6-10-20)15-17-7-4-8-18-15/h4-10,19H,11-12H2,1-3H3/q+1. The minimum absolute atomic E-state index is 0.314. The van der Waals surface area contributed by atoms with Crippen LogP contribution in [0.1, 0.15) is 20.8 Å². The summed E-state index contributed by atoms with van der Waals surface area (Å²) in [5.41, 5.74) is 0.114. The van der Waals surface area contributed by atoms with E-state index in [9.17, 15) is 13.2 Å². The fourth-order valence-electron chi connectivity index (χ4n) is 1.93. The number of ether oxygens (including phenoxy) is 1. The van der Waals surface area contributed by atoms with E-state index in [-0.39, 0.29) is 5.88 Å². The molecule has 0 unspecified atom stereocenters. The number of aromatic nitrogens is 3. The van der Waals surface area contributed by atoms with Gasteiger partial charge < -0.3 is 4.74 Å². The van der Waals surface area contributed by atoms with Gasteiger partial charge in [0, 0.05) is 30.1 Å². The molecule has 0 saturated heterocycles. The summed E-state index contributed by atoms with van der Waals surface area (Å²) in [6, 6.07) is 5.16. The molecule has 0 bridgehead atoms. The summed E-state index contributed by atoms with van der Waals surface area (Å²) in [6.07, 6.45) is 6.49. The van der Waals surface area contributed by atoms with Crippen LogP contribution in [0.15, 0.2) is 43.0 Å². The number of carbonyl (C=O) groups excluding carboxylic acids is 1. The minimum atomic E-state index is -3.68. The van der Waals surface area contributed by atoms with Gasteiger partial charge in [0.15, 0.2) is 18.2 Å². The lowest BCUT2D eigenvalue weighted by Gasteiger charge is -2.19. The van der Waals surface area contributed by atoms with Crippen molar-refractivity contribution in [3.05, 3.63) is 43.0 Å². The molecule has 2 aromatic heterocycles. The number of sulfonamides is 1. The first kappa shape index (κ1) is 18.9. The van der Waals surface area contributed by atoms with Crippen LogP contribution in [0.25, 0.3) is 11.4 Å². The third-order valence-corrected chi connectivity index (χ3v) is 4.11. The van der Waals surface area contributed by atoms with Crippen molar-refractivity contribution < 1.29 is 22.5 Å². The van der Waals surface area contributed by atoms with Gasteiger partial charge in [-0.2, -0.15) is 9.29 Å². The predicted octanol–water partition coefficient (Wildman–Crippen LogP) is 0.650. The van der Waals surface area contributed by atoms with Gasteiger partial charge in [-0.15, -0.1) is 0 Å². The topological polar surface area (TPSA) is 102 Å².